The fourth-order valence-corrected chi connectivity index (χ4v) is 3.73. The van der Waals surface area contributed by atoms with Crippen molar-refractivity contribution in [2.75, 3.05) is 24.5 Å². The van der Waals surface area contributed by atoms with Crippen molar-refractivity contribution in [3.63, 3.8) is 0 Å². The van der Waals surface area contributed by atoms with E-state index in [4.69, 9.17) is 5.73 Å². The van der Waals surface area contributed by atoms with Crippen LogP contribution >= 0.6 is 0 Å². The fraction of sp³-hybridized carbons (Fsp3) is 0.625. The van der Waals surface area contributed by atoms with Crippen molar-refractivity contribution in [2.24, 2.45) is 11.7 Å². The summed E-state index contributed by atoms with van der Waals surface area (Å²) in [4.78, 5) is 18.5. The lowest BCUT2D eigenvalue weighted by atomic mass is 9.89. The van der Waals surface area contributed by atoms with Crippen LogP contribution in [0.1, 0.15) is 41.6 Å². The van der Waals surface area contributed by atoms with Gasteiger partial charge in [-0.1, -0.05) is 0 Å². The first-order valence-corrected chi connectivity index (χ1v) is 7.90. The molecule has 1 amide bonds. The van der Waals surface area contributed by atoms with Gasteiger partial charge in [-0.2, -0.15) is 0 Å². The summed E-state index contributed by atoms with van der Waals surface area (Å²) in [6, 6.07) is 2.47. The Labute approximate surface area is 125 Å². The van der Waals surface area contributed by atoms with E-state index in [1.807, 2.05) is 13.0 Å². The summed E-state index contributed by atoms with van der Waals surface area (Å²) >= 11 is 0. The average Bonchev–Trinajstić information content (AvgIpc) is 3.01. The van der Waals surface area contributed by atoms with E-state index >= 15 is 0 Å². The standard InChI is InChI=1S/C16H24N4O/c1-11-6-8-19-16(14(11)15(17)21)20-9-3-4-12(10-20)13-5-2-7-18-13/h6,8,12-13,18H,2-5,7,9-10H2,1H3,(H2,17,21). The monoisotopic (exact) mass is 288 g/mol. The molecule has 3 rings (SSSR count). The third-order valence-corrected chi connectivity index (χ3v) is 4.81. The van der Waals surface area contributed by atoms with Gasteiger partial charge >= 0.3 is 0 Å². The second kappa shape index (κ2) is 6.02. The molecule has 2 aliphatic heterocycles. The second-order valence-electron chi connectivity index (χ2n) is 6.24. The van der Waals surface area contributed by atoms with Crippen LogP contribution in [-0.2, 0) is 0 Å². The average molecular weight is 288 g/mol. The highest BCUT2D eigenvalue weighted by Crippen LogP contribution is 2.29. The van der Waals surface area contributed by atoms with Crippen LogP contribution in [0.15, 0.2) is 12.3 Å². The van der Waals surface area contributed by atoms with E-state index < -0.39 is 0 Å². The number of hydrogen-bond acceptors (Lipinski definition) is 4. The topological polar surface area (TPSA) is 71.2 Å². The van der Waals surface area contributed by atoms with Crippen molar-refractivity contribution >= 4 is 11.7 Å². The summed E-state index contributed by atoms with van der Waals surface area (Å²) in [5.41, 5.74) is 7.05. The summed E-state index contributed by atoms with van der Waals surface area (Å²) in [6.45, 7) is 4.98. The van der Waals surface area contributed by atoms with Gasteiger partial charge in [0.1, 0.15) is 5.82 Å². The normalized spacial score (nSPS) is 26.0. The van der Waals surface area contributed by atoms with E-state index in [9.17, 15) is 4.79 Å². The van der Waals surface area contributed by atoms with Crippen LogP contribution in [-0.4, -0.2) is 36.6 Å². The Morgan fingerprint density at radius 3 is 3.00 bits per heavy atom. The molecule has 2 fully saturated rings. The summed E-state index contributed by atoms with van der Waals surface area (Å²) in [7, 11) is 0. The molecule has 114 valence electrons. The SMILES string of the molecule is Cc1ccnc(N2CCCC(C3CCCN3)C2)c1C(N)=O. The predicted molar refractivity (Wildman–Crippen MR) is 83.5 cm³/mol. The van der Waals surface area contributed by atoms with E-state index in [0.717, 1.165) is 37.4 Å². The minimum atomic E-state index is -0.378. The maximum atomic E-state index is 11.8. The number of primary amides is 1. The van der Waals surface area contributed by atoms with E-state index in [0.29, 0.717) is 17.5 Å². The smallest absolute Gasteiger partial charge is 0.252 e. The molecule has 2 saturated heterocycles. The van der Waals surface area contributed by atoms with Gasteiger partial charge in [0.25, 0.3) is 5.91 Å². The summed E-state index contributed by atoms with van der Waals surface area (Å²) in [5, 5.41) is 3.61. The van der Waals surface area contributed by atoms with Crippen LogP contribution < -0.4 is 16.0 Å². The number of nitrogens with zero attached hydrogens (tertiary/aromatic N) is 2. The van der Waals surface area contributed by atoms with Crippen LogP contribution in [0.25, 0.3) is 0 Å². The van der Waals surface area contributed by atoms with E-state index in [-0.39, 0.29) is 5.91 Å². The van der Waals surface area contributed by atoms with Crippen molar-refractivity contribution in [1.82, 2.24) is 10.3 Å². The Morgan fingerprint density at radius 2 is 2.29 bits per heavy atom. The zero-order valence-electron chi connectivity index (χ0n) is 12.6. The van der Waals surface area contributed by atoms with Crippen LogP contribution in [0.5, 0.6) is 0 Å². The molecule has 21 heavy (non-hydrogen) atoms. The Bertz CT molecular complexity index is 525. The van der Waals surface area contributed by atoms with E-state index in [1.54, 1.807) is 6.20 Å². The number of aromatic nitrogens is 1. The van der Waals surface area contributed by atoms with Gasteiger partial charge in [0, 0.05) is 25.3 Å². The number of aryl methyl sites for hydroxylation is 1. The minimum absolute atomic E-state index is 0.378. The lowest BCUT2D eigenvalue weighted by Crippen LogP contribution is -2.44. The van der Waals surface area contributed by atoms with Gasteiger partial charge in [0.2, 0.25) is 0 Å². The second-order valence-corrected chi connectivity index (χ2v) is 6.24. The highest BCUT2D eigenvalue weighted by molar-refractivity contribution is 5.99. The number of amides is 1. The van der Waals surface area contributed by atoms with Crippen LogP contribution in [0.3, 0.4) is 0 Å². The molecule has 2 unspecified atom stereocenters. The lowest BCUT2D eigenvalue weighted by molar-refractivity contribution is 0.0999. The van der Waals surface area contributed by atoms with Crippen LogP contribution in [0.2, 0.25) is 0 Å². The van der Waals surface area contributed by atoms with Crippen molar-refractivity contribution in [2.45, 2.75) is 38.6 Å². The summed E-state index contributed by atoms with van der Waals surface area (Å²) in [5.74, 6) is 1.03. The first-order chi connectivity index (χ1) is 10.2. The molecule has 0 saturated carbocycles. The van der Waals surface area contributed by atoms with Gasteiger partial charge in [0.05, 0.1) is 5.56 Å². The minimum Gasteiger partial charge on any atom is -0.365 e. The molecule has 5 nitrogen and oxygen atoms in total. The number of nitrogens with two attached hydrogens (primary N) is 1. The largest absolute Gasteiger partial charge is 0.365 e. The molecule has 3 N–H and O–H groups in total. The van der Waals surface area contributed by atoms with Gasteiger partial charge in [-0.15, -0.1) is 0 Å². The Morgan fingerprint density at radius 1 is 1.43 bits per heavy atom. The molecule has 0 radical (unpaired) electrons. The maximum Gasteiger partial charge on any atom is 0.252 e. The van der Waals surface area contributed by atoms with Gasteiger partial charge in [-0.25, -0.2) is 4.98 Å². The molecular weight excluding hydrogens is 264 g/mol. The summed E-state index contributed by atoms with van der Waals surface area (Å²) < 4.78 is 0. The van der Waals surface area contributed by atoms with E-state index in [2.05, 4.69) is 15.2 Å². The first kappa shape index (κ1) is 14.3. The Balaban J connectivity index is 1.83. The Kier molecular flexibility index (Phi) is 4.10. The first-order valence-electron chi connectivity index (χ1n) is 7.90. The van der Waals surface area contributed by atoms with Crippen LogP contribution in [0, 0.1) is 12.8 Å². The zero-order chi connectivity index (χ0) is 14.8. The maximum absolute atomic E-state index is 11.8. The highest BCUT2D eigenvalue weighted by Gasteiger charge is 2.31. The molecular formula is C16H24N4O. The molecule has 0 bridgehead atoms. The van der Waals surface area contributed by atoms with Crippen molar-refractivity contribution < 1.29 is 4.79 Å². The number of piperidine rings is 1. The quantitative estimate of drug-likeness (QED) is 0.883. The molecule has 2 atom stereocenters. The Hall–Kier alpha value is -1.62. The molecule has 0 aromatic carbocycles. The zero-order valence-corrected chi connectivity index (χ0v) is 12.6. The van der Waals surface area contributed by atoms with Gasteiger partial charge < -0.3 is 16.0 Å². The molecule has 1 aromatic heterocycles. The van der Waals surface area contributed by atoms with E-state index in [1.165, 1.54) is 19.3 Å². The van der Waals surface area contributed by atoms with Crippen molar-refractivity contribution in [3.8, 4) is 0 Å². The number of hydrogen-bond donors (Lipinski definition) is 2. The third kappa shape index (κ3) is 2.88. The summed E-state index contributed by atoms with van der Waals surface area (Å²) in [6.07, 6.45) is 6.72. The van der Waals surface area contributed by atoms with Crippen LogP contribution in [0.4, 0.5) is 5.82 Å². The third-order valence-electron chi connectivity index (χ3n) is 4.81. The molecule has 5 heteroatoms. The lowest BCUT2D eigenvalue weighted by Gasteiger charge is -2.37. The number of rotatable bonds is 3. The molecule has 2 aliphatic rings. The predicted octanol–water partition coefficient (Wildman–Crippen LogP) is 1.46. The number of nitrogens with one attached hydrogen (secondary N) is 1. The van der Waals surface area contributed by atoms with Gasteiger partial charge in [-0.05, 0) is 56.7 Å². The number of carbonyl (C=O) groups is 1. The molecule has 0 aliphatic carbocycles. The highest BCUT2D eigenvalue weighted by atomic mass is 16.1. The van der Waals surface area contributed by atoms with Crippen molar-refractivity contribution in [3.05, 3.63) is 23.4 Å². The number of carbonyl (C=O) groups excluding carboxylic acids is 1. The molecule has 3 heterocycles. The number of anilines is 1. The molecule has 0 spiro atoms. The fourth-order valence-electron chi connectivity index (χ4n) is 3.73. The van der Waals surface area contributed by atoms with Gasteiger partial charge in [-0.3, -0.25) is 4.79 Å². The van der Waals surface area contributed by atoms with Crippen molar-refractivity contribution in [1.29, 1.82) is 0 Å². The molecule has 1 aromatic rings. The number of pyridine rings is 1. The van der Waals surface area contributed by atoms with Gasteiger partial charge in [0.15, 0.2) is 0 Å².